The van der Waals surface area contributed by atoms with Crippen LogP contribution in [-0.4, -0.2) is 24.1 Å². The van der Waals surface area contributed by atoms with E-state index in [9.17, 15) is 9.18 Å². The average molecular weight is 435 g/mol. The molecule has 0 saturated carbocycles. The first-order chi connectivity index (χ1) is 15.7. The van der Waals surface area contributed by atoms with Crippen LogP contribution >= 0.6 is 0 Å². The molecule has 0 aliphatic carbocycles. The Morgan fingerprint density at radius 2 is 1.91 bits per heavy atom. The molecular formula is C26H27FN2O3. The Morgan fingerprint density at radius 1 is 1.09 bits per heavy atom. The standard InChI is InChI=1S/C26H27FN2O3/c27-22-7-9-23(10-8-22)32-24-5-1-3-19(17-24)6-11-25(30)29-26(20-12-15-31-16-13-20)21-4-2-14-28-18-21/h1-5,7-10,14,17-18,20,26H,6,11-13,15-16H2,(H,29,30)/t26-/m0/s1. The predicted molar refractivity (Wildman–Crippen MR) is 120 cm³/mol. The molecule has 1 aliphatic heterocycles. The topological polar surface area (TPSA) is 60.5 Å². The predicted octanol–water partition coefficient (Wildman–Crippen LogP) is 5.23. The van der Waals surface area contributed by atoms with E-state index in [4.69, 9.17) is 9.47 Å². The van der Waals surface area contributed by atoms with Crippen molar-refractivity contribution in [3.05, 3.63) is 90.0 Å². The first-order valence-corrected chi connectivity index (χ1v) is 11.0. The maximum Gasteiger partial charge on any atom is 0.220 e. The summed E-state index contributed by atoms with van der Waals surface area (Å²) >= 11 is 0. The zero-order chi connectivity index (χ0) is 22.2. The summed E-state index contributed by atoms with van der Waals surface area (Å²) in [5, 5.41) is 3.23. The van der Waals surface area contributed by atoms with Gasteiger partial charge in [0.25, 0.3) is 0 Å². The molecule has 0 bridgehead atoms. The fraction of sp³-hybridized carbons (Fsp3) is 0.308. The number of aromatic nitrogens is 1. The molecule has 1 saturated heterocycles. The van der Waals surface area contributed by atoms with E-state index in [1.807, 2.05) is 42.6 Å². The number of nitrogens with one attached hydrogen (secondary N) is 1. The molecule has 166 valence electrons. The zero-order valence-electron chi connectivity index (χ0n) is 17.9. The Kier molecular flexibility index (Phi) is 7.46. The summed E-state index contributed by atoms with van der Waals surface area (Å²) < 4.78 is 24.4. The van der Waals surface area contributed by atoms with E-state index < -0.39 is 0 Å². The Bertz CT molecular complexity index is 1010. The monoisotopic (exact) mass is 434 g/mol. The van der Waals surface area contributed by atoms with Gasteiger partial charge in [-0.3, -0.25) is 9.78 Å². The lowest BCUT2D eigenvalue weighted by molar-refractivity contribution is -0.122. The molecule has 0 spiro atoms. The van der Waals surface area contributed by atoms with Crippen molar-refractivity contribution in [3.63, 3.8) is 0 Å². The second kappa shape index (κ2) is 10.9. The number of hydrogen-bond donors (Lipinski definition) is 1. The summed E-state index contributed by atoms with van der Waals surface area (Å²) in [6.45, 7) is 1.44. The van der Waals surface area contributed by atoms with Crippen LogP contribution in [0.25, 0.3) is 0 Å². The lowest BCUT2D eigenvalue weighted by Crippen LogP contribution is -2.36. The van der Waals surface area contributed by atoms with E-state index in [0.29, 0.717) is 30.3 Å². The summed E-state index contributed by atoms with van der Waals surface area (Å²) in [4.78, 5) is 17.1. The first-order valence-electron chi connectivity index (χ1n) is 11.0. The quantitative estimate of drug-likeness (QED) is 0.527. The number of hydrogen-bond acceptors (Lipinski definition) is 4. The summed E-state index contributed by atoms with van der Waals surface area (Å²) in [7, 11) is 0. The van der Waals surface area contributed by atoms with Crippen LogP contribution in [0.1, 0.15) is 36.4 Å². The lowest BCUT2D eigenvalue weighted by Gasteiger charge is -2.31. The molecule has 4 rings (SSSR count). The molecular weight excluding hydrogens is 407 g/mol. The number of pyridine rings is 1. The molecule has 2 heterocycles. The van der Waals surface area contributed by atoms with Crippen molar-refractivity contribution in [1.29, 1.82) is 0 Å². The molecule has 6 heteroatoms. The number of carbonyl (C=O) groups is 1. The number of halogens is 1. The highest BCUT2D eigenvalue weighted by Crippen LogP contribution is 2.30. The van der Waals surface area contributed by atoms with Crippen molar-refractivity contribution in [3.8, 4) is 11.5 Å². The second-order valence-corrected chi connectivity index (χ2v) is 7.98. The van der Waals surface area contributed by atoms with Crippen LogP contribution in [-0.2, 0) is 16.0 Å². The van der Waals surface area contributed by atoms with E-state index in [1.54, 1.807) is 18.3 Å². The maximum atomic E-state index is 13.1. The number of aryl methyl sites for hydroxylation is 1. The summed E-state index contributed by atoms with van der Waals surface area (Å²) in [5.74, 6) is 1.27. The van der Waals surface area contributed by atoms with E-state index in [1.165, 1.54) is 12.1 Å². The van der Waals surface area contributed by atoms with Crippen LogP contribution in [0.5, 0.6) is 11.5 Å². The highest BCUT2D eigenvalue weighted by molar-refractivity contribution is 5.76. The van der Waals surface area contributed by atoms with Crippen LogP contribution in [0.4, 0.5) is 4.39 Å². The van der Waals surface area contributed by atoms with Gasteiger partial charge in [-0.25, -0.2) is 4.39 Å². The Hall–Kier alpha value is -3.25. The molecule has 1 fully saturated rings. The minimum Gasteiger partial charge on any atom is -0.457 e. The van der Waals surface area contributed by atoms with Gasteiger partial charge in [-0.05, 0) is 78.8 Å². The fourth-order valence-corrected chi connectivity index (χ4v) is 3.99. The van der Waals surface area contributed by atoms with Gasteiger partial charge in [0.05, 0.1) is 6.04 Å². The largest absolute Gasteiger partial charge is 0.457 e. The van der Waals surface area contributed by atoms with Crippen molar-refractivity contribution in [1.82, 2.24) is 10.3 Å². The highest BCUT2D eigenvalue weighted by atomic mass is 19.1. The van der Waals surface area contributed by atoms with Gasteiger partial charge in [0.2, 0.25) is 5.91 Å². The molecule has 3 aromatic rings. The third-order valence-corrected chi connectivity index (χ3v) is 5.69. The third kappa shape index (κ3) is 6.14. The smallest absolute Gasteiger partial charge is 0.220 e. The van der Waals surface area contributed by atoms with Gasteiger partial charge in [-0.2, -0.15) is 0 Å². The van der Waals surface area contributed by atoms with Gasteiger partial charge >= 0.3 is 0 Å². The number of rotatable bonds is 8. The Labute approximate surface area is 187 Å². The normalized spacial score (nSPS) is 15.2. The first kappa shape index (κ1) is 22.0. The van der Waals surface area contributed by atoms with Crippen LogP contribution in [0.3, 0.4) is 0 Å². The number of nitrogens with zero attached hydrogens (tertiary/aromatic N) is 1. The van der Waals surface area contributed by atoms with Gasteiger partial charge in [-0.15, -0.1) is 0 Å². The second-order valence-electron chi connectivity index (χ2n) is 7.98. The van der Waals surface area contributed by atoms with E-state index in [0.717, 1.165) is 37.2 Å². The minimum atomic E-state index is -0.303. The number of ether oxygens (including phenoxy) is 2. The van der Waals surface area contributed by atoms with E-state index >= 15 is 0 Å². The molecule has 1 amide bonds. The van der Waals surface area contributed by atoms with Crippen molar-refractivity contribution in [2.24, 2.45) is 5.92 Å². The van der Waals surface area contributed by atoms with Crippen LogP contribution < -0.4 is 10.1 Å². The van der Waals surface area contributed by atoms with Gasteiger partial charge in [0, 0.05) is 32.0 Å². The Morgan fingerprint density at radius 3 is 2.66 bits per heavy atom. The summed E-state index contributed by atoms with van der Waals surface area (Å²) in [6, 6.07) is 17.4. The Balaban J connectivity index is 1.36. The van der Waals surface area contributed by atoms with Gasteiger partial charge in [0.1, 0.15) is 17.3 Å². The highest BCUT2D eigenvalue weighted by Gasteiger charge is 2.27. The van der Waals surface area contributed by atoms with Crippen LogP contribution in [0, 0.1) is 11.7 Å². The van der Waals surface area contributed by atoms with Gasteiger partial charge in [0.15, 0.2) is 0 Å². The average Bonchev–Trinajstić information content (AvgIpc) is 2.84. The van der Waals surface area contributed by atoms with E-state index in [-0.39, 0.29) is 17.8 Å². The maximum absolute atomic E-state index is 13.1. The van der Waals surface area contributed by atoms with Crippen molar-refractivity contribution in [2.45, 2.75) is 31.7 Å². The number of benzene rings is 2. The summed E-state index contributed by atoms with van der Waals surface area (Å²) in [6.07, 6.45) is 6.38. The molecule has 1 aromatic heterocycles. The molecule has 1 aliphatic rings. The molecule has 5 nitrogen and oxygen atoms in total. The molecule has 0 radical (unpaired) electrons. The molecule has 1 atom stereocenters. The number of carbonyl (C=O) groups excluding carboxylic acids is 1. The minimum absolute atomic E-state index is 0.00945. The van der Waals surface area contributed by atoms with Crippen molar-refractivity contribution in [2.75, 3.05) is 13.2 Å². The zero-order valence-corrected chi connectivity index (χ0v) is 17.9. The summed E-state index contributed by atoms with van der Waals surface area (Å²) in [5.41, 5.74) is 2.03. The van der Waals surface area contributed by atoms with Crippen molar-refractivity contribution >= 4 is 5.91 Å². The van der Waals surface area contributed by atoms with Gasteiger partial charge < -0.3 is 14.8 Å². The van der Waals surface area contributed by atoms with Crippen molar-refractivity contribution < 1.29 is 18.7 Å². The SMILES string of the molecule is O=C(CCc1cccc(Oc2ccc(F)cc2)c1)N[C@H](c1cccnc1)C1CCOCC1. The lowest BCUT2D eigenvalue weighted by atomic mass is 9.87. The van der Waals surface area contributed by atoms with E-state index in [2.05, 4.69) is 10.3 Å². The van der Waals surface area contributed by atoms with Gasteiger partial charge in [-0.1, -0.05) is 18.2 Å². The van der Waals surface area contributed by atoms with Crippen LogP contribution in [0.15, 0.2) is 73.1 Å². The molecule has 2 aromatic carbocycles. The third-order valence-electron chi connectivity index (χ3n) is 5.69. The molecule has 32 heavy (non-hydrogen) atoms. The molecule has 0 unspecified atom stereocenters. The fourth-order valence-electron chi connectivity index (χ4n) is 3.99. The number of amides is 1. The van der Waals surface area contributed by atoms with Crippen LogP contribution in [0.2, 0.25) is 0 Å². The molecule has 1 N–H and O–H groups in total.